The van der Waals surface area contributed by atoms with Gasteiger partial charge in [0.05, 0.1) is 11.8 Å². The van der Waals surface area contributed by atoms with Gasteiger partial charge in [-0.3, -0.25) is 14.4 Å². The molecule has 110 valence electrons. The van der Waals surface area contributed by atoms with Crippen LogP contribution in [0.4, 0.5) is 0 Å². The highest BCUT2D eigenvalue weighted by molar-refractivity contribution is 5.97. The molecule has 2 N–H and O–H groups in total. The van der Waals surface area contributed by atoms with E-state index in [0.717, 1.165) is 5.56 Å². The van der Waals surface area contributed by atoms with Crippen molar-refractivity contribution in [1.29, 1.82) is 0 Å². The Bertz CT molecular complexity index is 595. The monoisotopic (exact) mass is 287 g/mol. The Morgan fingerprint density at radius 3 is 2.29 bits per heavy atom. The molecule has 1 saturated heterocycles. The van der Waals surface area contributed by atoms with Crippen LogP contribution in [0.25, 0.3) is 0 Å². The maximum atomic E-state index is 12.4. The Hall–Kier alpha value is -2.50. The minimum absolute atomic E-state index is 0.133. The lowest BCUT2D eigenvalue weighted by atomic mass is 9.95. The van der Waals surface area contributed by atoms with Crippen molar-refractivity contribution in [2.75, 3.05) is 13.1 Å². The average Bonchev–Trinajstić information content (AvgIpc) is 2.92. The Morgan fingerprint density at radius 2 is 1.76 bits per heavy atom. The first-order valence-corrected chi connectivity index (χ1v) is 6.60. The van der Waals surface area contributed by atoms with Crippen LogP contribution in [-0.4, -0.2) is 42.4 Å². The van der Waals surface area contributed by atoms with Crippen molar-refractivity contribution < 1.29 is 14.4 Å². The molecule has 0 radical (unpaired) electrons. The summed E-state index contributed by atoms with van der Waals surface area (Å²) in [5.41, 5.74) is 6.88. The van der Waals surface area contributed by atoms with Gasteiger partial charge in [-0.1, -0.05) is 17.7 Å². The number of primary amides is 1. The highest BCUT2D eigenvalue weighted by atomic mass is 16.2. The lowest BCUT2D eigenvalue weighted by Crippen LogP contribution is -2.33. The lowest BCUT2D eigenvalue weighted by molar-refractivity contribution is -0.129. The van der Waals surface area contributed by atoms with Gasteiger partial charge in [0.15, 0.2) is 0 Å². The zero-order chi connectivity index (χ0) is 15.6. The third-order valence-corrected chi connectivity index (χ3v) is 3.74. The van der Waals surface area contributed by atoms with E-state index in [0.29, 0.717) is 5.56 Å². The first kappa shape index (κ1) is 14.9. The van der Waals surface area contributed by atoms with Gasteiger partial charge in [-0.2, -0.15) is 0 Å². The van der Waals surface area contributed by atoms with Gasteiger partial charge in [-0.15, -0.1) is 0 Å². The van der Waals surface area contributed by atoms with Gasteiger partial charge < -0.3 is 10.6 Å². The molecular formula is C15H17N3O3. The molecule has 2 atom stereocenters. The maximum absolute atomic E-state index is 12.4. The number of carbonyl (C=O) groups excluding carboxylic acids is 3. The molecule has 1 aliphatic rings. The van der Waals surface area contributed by atoms with Crippen molar-refractivity contribution in [2.45, 2.75) is 6.92 Å². The third-order valence-electron chi connectivity index (χ3n) is 3.74. The molecule has 0 bridgehead atoms. The van der Waals surface area contributed by atoms with E-state index in [-0.39, 0.29) is 19.0 Å². The highest BCUT2D eigenvalue weighted by Crippen LogP contribution is 2.26. The fourth-order valence-corrected chi connectivity index (χ4v) is 2.50. The molecule has 1 fully saturated rings. The predicted octanol–water partition coefficient (Wildman–Crippen LogP) is 0.396. The first-order valence-electron chi connectivity index (χ1n) is 6.60. The molecule has 1 heterocycles. The summed E-state index contributed by atoms with van der Waals surface area (Å²) in [5.74, 6) is -2.73. The average molecular weight is 287 g/mol. The zero-order valence-electron chi connectivity index (χ0n) is 11.8. The van der Waals surface area contributed by atoms with E-state index in [4.69, 9.17) is 5.73 Å². The highest BCUT2D eigenvalue weighted by Gasteiger charge is 2.42. The van der Waals surface area contributed by atoms with E-state index in [1.54, 1.807) is 12.1 Å². The summed E-state index contributed by atoms with van der Waals surface area (Å²) in [6.45, 7) is 5.38. The molecular weight excluding hydrogens is 270 g/mol. The van der Waals surface area contributed by atoms with Gasteiger partial charge >= 0.3 is 0 Å². The molecule has 6 nitrogen and oxygen atoms in total. The number of nitrogens with two attached hydrogens (primary N) is 1. The van der Waals surface area contributed by atoms with Crippen molar-refractivity contribution in [2.24, 2.45) is 22.6 Å². The van der Waals surface area contributed by atoms with Crippen LogP contribution in [-0.2, 0) is 9.59 Å². The maximum Gasteiger partial charge on any atom is 0.253 e. The van der Waals surface area contributed by atoms with Gasteiger partial charge in [0.1, 0.15) is 0 Å². The molecule has 1 aliphatic heterocycles. The molecule has 1 aromatic rings. The lowest BCUT2D eigenvalue weighted by Gasteiger charge is -2.16. The molecule has 21 heavy (non-hydrogen) atoms. The number of amides is 3. The van der Waals surface area contributed by atoms with Crippen LogP contribution in [0.3, 0.4) is 0 Å². The van der Waals surface area contributed by atoms with Crippen molar-refractivity contribution >= 4 is 24.4 Å². The zero-order valence-corrected chi connectivity index (χ0v) is 11.8. The van der Waals surface area contributed by atoms with Crippen LogP contribution in [0.5, 0.6) is 0 Å². The van der Waals surface area contributed by atoms with E-state index in [2.05, 4.69) is 11.7 Å². The summed E-state index contributed by atoms with van der Waals surface area (Å²) in [6.07, 6.45) is 0. The van der Waals surface area contributed by atoms with Gasteiger partial charge in [0, 0.05) is 18.7 Å². The largest absolute Gasteiger partial charge is 0.369 e. The van der Waals surface area contributed by atoms with Crippen molar-refractivity contribution in [1.82, 2.24) is 4.90 Å². The number of rotatable bonds is 3. The second-order valence-electron chi connectivity index (χ2n) is 5.19. The Kier molecular flexibility index (Phi) is 4.16. The smallest absolute Gasteiger partial charge is 0.253 e. The predicted molar refractivity (Wildman–Crippen MR) is 77.8 cm³/mol. The van der Waals surface area contributed by atoms with E-state index >= 15 is 0 Å². The quantitative estimate of drug-likeness (QED) is 0.815. The Balaban J connectivity index is 2.20. The van der Waals surface area contributed by atoms with Crippen LogP contribution in [0.1, 0.15) is 15.9 Å². The van der Waals surface area contributed by atoms with Crippen LogP contribution in [0.15, 0.2) is 29.3 Å². The summed E-state index contributed by atoms with van der Waals surface area (Å²) in [6, 6.07) is 7.11. The van der Waals surface area contributed by atoms with Crippen LogP contribution < -0.4 is 5.73 Å². The van der Waals surface area contributed by atoms with Crippen molar-refractivity contribution in [3.63, 3.8) is 0 Å². The van der Waals surface area contributed by atoms with E-state index < -0.39 is 23.7 Å². The number of hydrogen-bond donors (Lipinski definition) is 1. The molecule has 1 aromatic carbocycles. The number of benzene rings is 1. The second-order valence-corrected chi connectivity index (χ2v) is 5.19. The summed E-state index contributed by atoms with van der Waals surface area (Å²) in [4.78, 5) is 40.4. The van der Waals surface area contributed by atoms with E-state index in [1.807, 2.05) is 19.1 Å². The SMILES string of the molecule is C=NC(=O)[C@@H]1CN(C(=O)c2ccc(C)cc2)C[C@H]1C(N)=O. The van der Waals surface area contributed by atoms with Gasteiger partial charge in [-0.25, -0.2) is 4.99 Å². The molecule has 0 aliphatic carbocycles. The third kappa shape index (κ3) is 2.99. The summed E-state index contributed by atoms with van der Waals surface area (Å²) >= 11 is 0. The summed E-state index contributed by atoms with van der Waals surface area (Å²) in [7, 11) is 0. The topological polar surface area (TPSA) is 92.8 Å². The molecule has 0 aromatic heterocycles. The van der Waals surface area contributed by atoms with Crippen LogP contribution in [0.2, 0.25) is 0 Å². The molecule has 3 amide bonds. The number of hydrogen-bond acceptors (Lipinski definition) is 3. The van der Waals surface area contributed by atoms with Crippen molar-refractivity contribution in [3.8, 4) is 0 Å². The molecule has 0 spiro atoms. The molecule has 0 unspecified atom stereocenters. The first-order chi connectivity index (χ1) is 9.93. The second kappa shape index (κ2) is 5.87. The molecule has 2 rings (SSSR count). The molecule has 0 saturated carbocycles. The van der Waals surface area contributed by atoms with Gasteiger partial charge in [-0.05, 0) is 25.8 Å². The van der Waals surface area contributed by atoms with Crippen LogP contribution >= 0.6 is 0 Å². The van der Waals surface area contributed by atoms with Crippen molar-refractivity contribution in [3.05, 3.63) is 35.4 Å². The standard InChI is InChI=1S/C15H17N3O3/c1-9-3-5-10(6-4-9)15(21)18-7-11(13(16)19)12(8-18)14(20)17-2/h3-6,11-12H,2,7-8H2,1H3,(H2,16,19)/t11-,12-/m1/s1. The van der Waals surface area contributed by atoms with Gasteiger partial charge in [0.25, 0.3) is 11.8 Å². The van der Waals surface area contributed by atoms with Gasteiger partial charge in [0.2, 0.25) is 5.91 Å². The fourth-order valence-electron chi connectivity index (χ4n) is 2.50. The number of aliphatic imine (C=N–C) groups is 1. The summed E-state index contributed by atoms with van der Waals surface area (Å²) < 4.78 is 0. The number of carbonyl (C=O) groups is 3. The molecule has 6 heteroatoms. The Morgan fingerprint density at radius 1 is 1.19 bits per heavy atom. The Labute approximate surface area is 122 Å². The minimum atomic E-state index is -0.711. The summed E-state index contributed by atoms with van der Waals surface area (Å²) in [5, 5.41) is 0. The number of likely N-dealkylation sites (tertiary alicyclic amines) is 1. The number of aryl methyl sites for hydroxylation is 1. The number of nitrogens with zero attached hydrogens (tertiary/aromatic N) is 2. The normalized spacial score (nSPS) is 21.1. The van der Waals surface area contributed by atoms with Crippen LogP contribution in [0, 0.1) is 18.8 Å². The minimum Gasteiger partial charge on any atom is -0.369 e. The van der Waals surface area contributed by atoms with E-state index in [1.165, 1.54) is 4.90 Å². The fraction of sp³-hybridized carbons (Fsp3) is 0.333. The van der Waals surface area contributed by atoms with E-state index in [9.17, 15) is 14.4 Å².